The summed E-state index contributed by atoms with van der Waals surface area (Å²) >= 11 is 0. The van der Waals surface area contributed by atoms with Gasteiger partial charge in [0.15, 0.2) is 11.7 Å². The first-order valence-corrected chi connectivity index (χ1v) is 11.0. The summed E-state index contributed by atoms with van der Waals surface area (Å²) in [6, 6.07) is 4.80. The lowest BCUT2D eigenvalue weighted by Gasteiger charge is -2.42. The molecule has 2 heterocycles. The monoisotopic (exact) mass is 467 g/mol. The van der Waals surface area contributed by atoms with Crippen molar-refractivity contribution in [1.29, 1.82) is 16.2 Å². The number of aryl methyl sites for hydroxylation is 1. The van der Waals surface area contributed by atoms with Crippen LogP contribution in [0.5, 0.6) is 0 Å². The van der Waals surface area contributed by atoms with Crippen LogP contribution in [0.1, 0.15) is 50.4 Å². The van der Waals surface area contributed by atoms with Crippen LogP contribution < -0.4 is 5.32 Å². The number of nitrogens with zero attached hydrogens (tertiary/aromatic N) is 2. The molecule has 10 heteroatoms. The molecule has 1 aliphatic rings. The predicted octanol–water partition coefficient (Wildman–Crippen LogP) is 4.92. The molecule has 0 bridgehead atoms. The highest BCUT2D eigenvalue weighted by atomic mass is 19.1. The van der Waals surface area contributed by atoms with Crippen molar-refractivity contribution in [1.82, 2.24) is 9.88 Å². The van der Waals surface area contributed by atoms with Crippen LogP contribution in [-0.2, 0) is 4.74 Å². The van der Waals surface area contributed by atoms with E-state index in [1.807, 2.05) is 19.9 Å². The zero-order valence-electron chi connectivity index (χ0n) is 19.7. The third kappa shape index (κ3) is 5.75. The maximum Gasteiger partial charge on any atom is 0.322 e. The van der Waals surface area contributed by atoms with Crippen LogP contribution in [0.3, 0.4) is 0 Å². The fraction of sp³-hybridized carbons (Fsp3) is 0.375. The molecule has 180 valence electrons. The molecule has 1 aromatic heterocycles. The lowest BCUT2D eigenvalue weighted by molar-refractivity contribution is 0.121. The first-order valence-electron chi connectivity index (χ1n) is 11.0. The van der Waals surface area contributed by atoms with E-state index < -0.39 is 17.9 Å². The Balaban J connectivity index is 1.84. The molecule has 0 aliphatic carbocycles. The van der Waals surface area contributed by atoms with E-state index in [0.717, 1.165) is 12.1 Å². The second-order valence-electron chi connectivity index (χ2n) is 8.68. The number of urea groups is 1. The van der Waals surface area contributed by atoms with Crippen molar-refractivity contribution in [3.05, 3.63) is 53.1 Å². The van der Waals surface area contributed by atoms with Gasteiger partial charge in [0.05, 0.1) is 17.6 Å². The summed E-state index contributed by atoms with van der Waals surface area (Å²) in [5.74, 6) is -0.778. The molecule has 3 rings (SSSR count). The molecule has 34 heavy (non-hydrogen) atoms. The van der Waals surface area contributed by atoms with Gasteiger partial charge in [-0.3, -0.25) is 16.2 Å². The summed E-state index contributed by atoms with van der Waals surface area (Å²) in [7, 11) is 0. The molecule has 3 atom stereocenters. The van der Waals surface area contributed by atoms with Gasteiger partial charge in [0.2, 0.25) is 5.90 Å². The Morgan fingerprint density at radius 3 is 2.68 bits per heavy atom. The number of aliphatic imine (C=N–C) groups is 1. The minimum Gasteiger partial charge on any atom is -0.428 e. The van der Waals surface area contributed by atoms with Crippen molar-refractivity contribution >= 4 is 35.6 Å². The van der Waals surface area contributed by atoms with E-state index in [-0.39, 0.29) is 35.3 Å². The summed E-state index contributed by atoms with van der Waals surface area (Å²) < 4.78 is 20.0. The molecule has 0 radical (unpaired) electrons. The van der Waals surface area contributed by atoms with Gasteiger partial charge in [0.25, 0.3) is 0 Å². The number of amidine groups is 1. The Hall–Kier alpha value is -3.82. The highest BCUT2D eigenvalue weighted by Crippen LogP contribution is 2.30. The summed E-state index contributed by atoms with van der Waals surface area (Å²) in [4.78, 5) is 21.8. The lowest BCUT2D eigenvalue weighted by Crippen LogP contribution is -2.56. The number of aromatic amines is 1. The number of hydrogen-bond donors (Lipinski definition) is 5. The van der Waals surface area contributed by atoms with Gasteiger partial charge in [-0.15, -0.1) is 0 Å². The molecule has 2 aromatic rings. The van der Waals surface area contributed by atoms with E-state index >= 15 is 0 Å². The maximum absolute atomic E-state index is 14.8. The van der Waals surface area contributed by atoms with Crippen LogP contribution in [0.25, 0.3) is 0 Å². The highest BCUT2D eigenvalue weighted by Gasteiger charge is 2.38. The van der Waals surface area contributed by atoms with Crippen LogP contribution in [0.4, 0.5) is 14.9 Å². The molecule has 9 nitrogen and oxygen atoms in total. The number of halogens is 1. The summed E-state index contributed by atoms with van der Waals surface area (Å²) in [6.45, 7) is 7.00. The Morgan fingerprint density at radius 1 is 1.29 bits per heavy atom. The van der Waals surface area contributed by atoms with Crippen LogP contribution in [0.2, 0.25) is 0 Å². The third-order valence-corrected chi connectivity index (χ3v) is 5.75. The zero-order valence-corrected chi connectivity index (χ0v) is 19.7. The highest BCUT2D eigenvalue weighted by molar-refractivity contribution is 6.05. The normalized spacial score (nSPS) is 20.3. The number of rotatable bonds is 4. The first kappa shape index (κ1) is 24.8. The number of H-pyrrole nitrogens is 1. The maximum atomic E-state index is 14.8. The molecule has 1 fully saturated rings. The number of amides is 2. The van der Waals surface area contributed by atoms with Gasteiger partial charge in [-0.05, 0) is 62.4 Å². The SMILES string of the molecule is CC(=N)OC(=N)C1CC(C)CC(C)N1C(=O)Nc1cc(C(=N)N=Cc2ccc[nH]2)c(C)cc1F. The Bertz CT molecular complexity index is 1130. The van der Waals surface area contributed by atoms with Crippen molar-refractivity contribution in [3.63, 3.8) is 0 Å². The van der Waals surface area contributed by atoms with Crippen molar-refractivity contribution in [2.75, 3.05) is 5.32 Å². The molecular weight excluding hydrogens is 437 g/mol. The van der Waals surface area contributed by atoms with E-state index in [4.69, 9.17) is 21.0 Å². The minimum absolute atomic E-state index is 0.0720. The number of benzene rings is 1. The number of anilines is 1. The smallest absolute Gasteiger partial charge is 0.322 e. The molecule has 0 spiro atoms. The number of hydrogen-bond acceptors (Lipinski definition) is 5. The van der Waals surface area contributed by atoms with Crippen molar-refractivity contribution in [2.24, 2.45) is 10.9 Å². The van der Waals surface area contributed by atoms with Gasteiger partial charge in [-0.25, -0.2) is 14.2 Å². The average Bonchev–Trinajstić information content (AvgIpc) is 3.26. The molecule has 1 aliphatic heterocycles. The predicted molar refractivity (Wildman–Crippen MR) is 131 cm³/mol. The van der Waals surface area contributed by atoms with E-state index in [9.17, 15) is 9.18 Å². The molecule has 1 saturated heterocycles. The van der Waals surface area contributed by atoms with Crippen molar-refractivity contribution < 1.29 is 13.9 Å². The number of ether oxygens (including phenoxy) is 1. The Morgan fingerprint density at radius 2 is 2.03 bits per heavy atom. The van der Waals surface area contributed by atoms with Gasteiger partial charge < -0.3 is 19.9 Å². The number of carbonyl (C=O) groups excluding carboxylic acids is 1. The molecule has 2 amide bonds. The number of nitrogens with one attached hydrogen (secondary N) is 5. The van der Waals surface area contributed by atoms with Gasteiger partial charge in [0, 0.05) is 24.7 Å². The molecule has 5 N–H and O–H groups in total. The Kier molecular flexibility index (Phi) is 7.60. The fourth-order valence-corrected chi connectivity index (χ4v) is 4.23. The second-order valence-corrected chi connectivity index (χ2v) is 8.68. The number of piperidine rings is 1. The molecule has 0 saturated carbocycles. The number of aromatic nitrogens is 1. The molecule has 3 unspecified atom stereocenters. The van der Waals surface area contributed by atoms with Gasteiger partial charge in [0.1, 0.15) is 11.9 Å². The van der Waals surface area contributed by atoms with Crippen LogP contribution >= 0.6 is 0 Å². The average molecular weight is 468 g/mol. The van der Waals surface area contributed by atoms with Gasteiger partial charge in [-0.1, -0.05) is 6.92 Å². The van der Waals surface area contributed by atoms with Crippen LogP contribution in [0, 0.1) is 34.9 Å². The zero-order chi connectivity index (χ0) is 25.0. The standard InChI is InChI=1S/C24H30FN7O2/c1-13-8-15(3)32(21(9-13)23(28)34-16(4)26)24(33)31-20-11-18(14(2)10-19(20)25)22(27)30-12-17-6-5-7-29-17/h5-7,10-13,15,21,26-29H,8-9H2,1-4H3,(H,31,33). The van der Waals surface area contributed by atoms with Crippen molar-refractivity contribution in [2.45, 2.75) is 52.6 Å². The first-order chi connectivity index (χ1) is 16.1. The van der Waals surface area contributed by atoms with Crippen LogP contribution in [0.15, 0.2) is 35.5 Å². The van der Waals surface area contributed by atoms with E-state index in [0.29, 0.717) is 17.5 Å². The van der Waals surface area contributed by atoms with Gasteiger partial charge in [-0.2, -0.15) is 0 Å². The fourth-order valence-electron chi connectivity index (χ4n) is 4.23. The lowest BCUT2D eigenvalue weighted by atomic mass is 9.88. The molecular formula is C24H30FN7O2. The largest absolute Gasteiger partial charge is 0.428 e. The summed E-state index contributed by atoms with van der Waals surface area (Å²) in [5.41, 5.74) is 1.54. The summed E-state index contributed by atoms with van der Waals surface area (Å²) in [6.07, 6.45) is 4.47. The quantitative estimate of drug-likeness (QED) is 0.322. The van der Waals surface area contributed by atoms with Crippen molar-refractivity contribution in [3.8, 4) is 0 Å². The topological polar surface area (TPSA) is 141 Å². The van der Waals surface area contributed by atoms with Crippen LogP contribution in [-0.4, -0.2) is 51.8 Å². The molecule has 1 aromatic carbocycles. The number of likely N-dealkylation sites (tertiary alicyclic amines) is 1. The van der Waals surface area contributed by atoms with E-state index in [1.165, 1.54) is 30.2 Å². The third-order valence-electron chi connectivity index (χ3n) is 5.75. The van der Waals surface area contributed by atoms with E-state index in [2.05, 4.69) is 15.3 Å². The Labute approximate surface area is 198 Å². The minimum atomic E-state index is -0.671. The van der Waals surface area contributed by atoms with Gasteiger partial charge >= 0.3 is 6.03 Å². The van der Waals surface area contributed by atoms with E-state index in [1.54, 1.807) is 19.2 Å². The number of carbonyl (C=O) groups is 1. The second kappa shape index (κ2) is 10.4. The summed E-state index contributed by atoms with van der Waals surface area (Å²) in [5, 5.41) is 26.7.